The van der Waals surface area contributed by atoms with Crippen LogP contribution in [0.25, 0.3) is 0 Å². The van der Waals surface area contributed by atoms with Gasteiger partial charge in [0, 0.05) is 25.7 Å². The SMILES string of the molecule is CCN(CCOC)C(c1ccc(C)cc1)C(C)N. The molecule has 1 aromatic rings. The lowest BCUT2D eigenvalue weighted by molar-refractivity contribution is 0.115. The van der Waals surface area contributed by atoms with E-state index in [1.165, 1.54) is 11.1 Å². The highest BCUT2D eigenvalue weighted by atomic mass is 16.5. The molecule has 0 aromatic heterocycles. The largest absolute Gasteiger partial charge is 0.383 e. The number of nitrogens with zero attached hydrogens (tertiary/aromatic N) is 1. The third-order valence-corrected chi connectivity index (χ3v) is 3.30. The van der Waals surface area contributed by atoms with Gasteiger partial charge in [0.05, 0.1) is 6.61 Å². The molecule has 0 aliphatic rings. The number of methoxy groups -OCH3 is 1. The van der Waals surface area contributed by atoms with E-state index in [0.717, 1.165) is 19.7 Å². The fourth-order valence-electron chi connectivity index (χ4n) is 2.31. The number of aryl methyl sites for hydroxylation is 1. The predicted molar refractivity (Wildman–Crippen MR) is 76.7 cm³/mol. The minimum Gasteiger partial charge on any atom is -0.383 e. The zero-order valence-electron chi connectivity index (χ0n) is 12.0. The molecule has 0 saturated heterocycles. The van der Waals surface area contributed by atoms with Crippen LogP contribution in [0.15, 0.2) is 24.3 Å². The van der Waals surface area contributed by atoms with Gasteiger partial charge in [0.1, 0.15) is 0 Å². The van der Waals surface area contributed by atoms with Crippen LogP contribution < -0.4 is 5.73 Å². The summed E-state index contributed by atoms with van der Waals surface area (Å²) in [6.07, 6.45) is 0. The van der Waals surface area contributed by atoms with Crippen LogP contribution >= 0.6 is 0 Å². The molecule has 2 atom stereocenters. The first-order valence-electron chi connectivity index (χ1n) is 6.65. The van der Waals surface area contributed by atoms with Crippen molar-refractivity contribution in [1.29, 1.82) is 0 Å². The Labute approximate surface area is 111 Å². The molecule has 0 saturated carbocycles. The van der Waals surface area contributed by atoms with Crippen LogP contribution in [-0.2, 0) is 4.74 Å². The number of nitrogens with two attached hydrogens (primary N) is 1. The summed E-state index contributed by atoms with van der Waals surface area (Å²) in [5.74, 6) is 0. The summed E-state index contributed by atoms with van der Waals surface area (Å²) in [4.78, 5) is 2.37. The van der Waals surface area contributed by atoms with Gasteiger partial charge in [0.15, 0.2) is 0 Å². The van der Waals surface area contributed by atoms with Crippen LogP contribution in [0.5, 0.6) is 0 Å². The van der Waals surface area contributed by atoms with Crippen LogP contribution in [0.2, 0.25) is 0 Å². The van der Waals surface area contributed by atoms with Crippen molar-refractivity contribution >= 4 is 0 Å². The molecular formula is C15H26N2O. The van der Waals surface area contributed by atoms with Crippen LogP contribution in [0.1, 0.15) is 31.0 Å². The van der Waals surface area contributed by atoms with E-state index >= 15 is 0 Å². The second kappa shape index (κ2) is 7.52. The van der Waals surface area contributed by atoms with E-state index in [2.05, 4.69) is 49.9 Å². The van der Waals surface area contributed by atoms with Gasteiger partial charge < -0.3 is 10.5 Å². The Morgan fingerprint density at radius 1 is 1.28 bits per heavy atom. The van der Waals surface area contributed by atoms with Crippen LogP contribution in [0.3, 0.4) is 0 Å². The summed E-state index contributed by atoms with van der Waals surface area (Å²) < 4.78 is 5.18. The van der Waals surface area contributed by atoms with Crippen molar-refractivity contribution in [3.05, 3.63) is 35.4 Å². The van der Waals surface area contributed by atoms with E-state index < -0.39 is 0 Å². The number of hydrogen-bond donors (Lipinski definition) is 1. The zero-order valence-corrected chi connectivity index (χ0v) is 12.0. The van der Waals surface area contributed by atoms with Gasteiger partial charge in [0.25, 0.3) is 0 Å². The summed E-state index contributed by atoms with van der Waals surface area (Å²) in [6, 6.07) is 9.01. The first kappa shape index (κ1) is 15.2. The quantitative estimate of drug-likeness (QED) is 0.807. The molecule has 2 unspecified atom stereocenters. The average molecular weight is 250 g/mol. The van der Waals surface area contributed by atoms with Gasteiger partial charge in [-0.05, 0) is 26.0 Å². The average Bonchev–Trinajstić information content (AvgIpc) is 2.35. The standard InChI is InChI=1S/C15H26N2O/c1-5-17(10-11-18-4)15(13(3)16)14-8-6-12(2)7-9-14/h6-9,13,15H,5,10-11,16H2,1-4H3. The van der Waals surface area contributed by atoms with Gasteiger partial charge in [0.2, 0.25) is 0 Å². The maximum atomic E-state index is 6.17. The normalized spacial score (nSPS) is 14.8. The van der Waals surface area contributed by atoms with Crippen molar-refractivity contribution in [2.75, 3.05) is 26.8 Å². The number of benzene rings is 1. The molecule has 3 heteroatoms. The minimum atomic E-state index is 0.101. The molecule has 0 aliphatic carbocycles. The van der Waals surface area contributed by atoms with E-state index in [9.17, 15) is 0 Å². The second-order valence-electron chi connectivity index (χ2n) is 4.84. The number of hydrogen-bond acceptors (Lipinski definition) is 3. The molecule has 0 fully saturated rings. The molecular weight excluding hydrogens is 224 g/mol. The molecule has 102 valence electrons. The number of likely N-dealkylation sites (N-methyl/N-ethyl adjacent to an activating group) is 1. The topological polar surface area (TPSA) is 38.5 Å². The Morgan fingerprint density at radius 2 is 1.89 bits per heavy atom. The lowest BCUT2D eigenvalue weighted by Gasteiger charge is -2.33. The number of rotatable bonds is 7. The van der Waals surface area contributed by atoms with E-state index in [-0.39, 0.29) is 12.1 Å². The third kappa shape index (κ3) is 4.09. The van der Waals surface area contributed by atoms with Gasteiger partial charge in [-0.15, -0.1) is 0 Å². The molecule has 1 aromatic carbocycles. The maximum Gasteiger partial charge on any atom is 0.0589 e. The zero-order chi connectivity index (χ0) is 13.5. The van der Waals surface area contributed by atoms with Crippen molar-refractivity contribution in [1.82, 2.24) is 4.90 Å². The third-order valence-electron chi connectivity index (χ3n) is 3.30. The summed E-state index contributed by atoms with van der Waals surface area (Å²) in [5, 5.41) is 0. The van der Waals surface area contributed by atoms with Crippen LogP contribution in [0.4, 0.5) is 0 Å². The second-order valence-corrected chi connectivity index (χ2v) is 4.84. The highest BCUT2D eigenvalue weighted by Crippen LogP contribution is 2.23. The van der Waals surface area contributed by atoms with Crippen molar-refractivity contribution in [2.45, 2.75) is 32.9 Å². The summed E-state index contributed by atoms with van der Waals surface area (Å²) in [6.45, 7) is 8.96. The Morgan fingerprint density at radius 3 is 2.33 bits per heavy atom. The van der Waals surface area contributed by atoms with Crippen LogP contribution in [-0.4, -0.2) is 37.7 Å². The van der Waals surface area contributed by atoms with Gasteiger partial charge >= 0.3 is 0 Å². The molecule has 0 radical (unpaired) electrons. The monoisotopic (exact) mass is 250 g/mol. The van der Waals surface area contributed by atoms with E-state index in [0.29, 0.717) is 0 Å². The van der Waals surface area contributed by atoms with Gasteiger partial charge in [-0.1, -0.05) is 36.8 Å². The maximum absolute atomic E-state index is 6.17. The predicted octanol–water partition coefficient (Wildman–Crippen LogP) is 2.35. The van der Waals surface area contributed by atoms with E-state index in [4.69, 9.17) is 10.5 Å². The smallest absolute Gasteiger partial charge is 0.0589 e. The Balaban J connectivity index is 2.89. The molecule has 0 bridgehead atoms. The minimum absolute atomic E-state index is 0.101. The summed E-state index contributed by atoms with van der Waals surface area (Å²) in [5.41, 5.74) is 8.74. The van der Waals surface area contributed by atoms with E-state index in [1.54, 1.807) is 7.11 Å². The van der Waals surface area contributed by atoms with Gasteiger partial charge in [-0.25, -0.2) is 0 Å². The molecule has 0 heterocycles. The fraction of sp³-hybridized carbons (Fsp3) is 0.600. The summed E-state index contributed by atoms with van der Waals surface area (Å²) >= 11 is 0. The number of ether oxygens (including phenoxy) is 1. The molecule has 0 aliphatic heterocycles. The lowest BCUT2D eigenvalue weighted by Crippen LogP contribution is -2.41. The lowest BCUT2D eigenvalue weighted by atomic mass is 9.98. The molecule has 18 heavy (non-hydrogen) atoms. The van der Waals surface area contributed by atoms with E-state index in [1.807, 2.05) is 0 Å². The first-order chi connectivity index (χ1) is 8.60. The van der Waals surface area contributed by atoms with Crippen molar-refractivity contribution in [2.24, 2.45) is 5.73 Å². The Hall–Kier alpha value is -0.900. The summed E-state index contributed by atoms with van der Waals surface area (Å²) in [7, 11) is 1.74. The van der Waals surface area contributed by atoms with Crippen molar-refractivity contribution < 1.29 is 4.74 Å². The van der Waals surface area contributed by atoms with Gasteiger partial charge in [-0.3, -0.25) is 4.90 Å². The molecule has 0 spiro atoms. The first-order valence-corrected chi connectivity index (χ1v) is 6.65. The molecule has 0 amide bonds. The van der Waals surface area contributed by atoms with Gasteiger partial charge in [-0.2, -0.15) is 0 Å². The Kier molecular flexibility index (Phi) is 6.33. The van der Waals surface area contributed by atoms with Crippen molar-refractivity contribution in [3.8, 4) is 0 Å². The van der Waals surface area contributed by atoms with Crippen LogP contribution in [0, 0.1) is 6.92 Å². The van der Waals surface area contributed by atoms with Crippen molar-refractivity contribution in [3.63, 3.8) is 0 Å². The molecule has 2 N–H and O–H groups in total. The fourth-order valence-corrected chi connectivity index (χ4v) is 2.31. The molecule has 1 rings (SSSR count). The highest BCUT2D eigenvalue weighted by Gasteiger charge is 2.22. The highest BCUT2D eigenvalue weighted by molar-refractivity contribution is 5.25. The Bertz CT molecular complexity index is 335. The molecule has 3 nitrogen and oxygen atoms in total.